The third-order valence-corrected chi connectivity index (χ3v) is 1.98. The summed E-state index contributed by atoms with van der Waals surface area (Å²) in [6, 6.07) is 0. The average Bonchev–Trinajstić information content (AvgIpc) is 2.05. The topological polar surface area (TPSA) is 9.23 Å². The van der Waals surface area contributed by atoms with Crippen LogP contribution in [-0.2, 0) is 4.74 Å². The van der Waals surface area contributed by atoms with Crippen molar-refractivity contribution >= 4 is 0 Å². The van der Waals surface area contributed by atoms with E-state index in [2.05, 4.69) is 19.9 Å². The van der Waals surface area contributed by atoms with E-state index in [-0.39, 0.29) is 0 Å². The van der Waals surface area contributed by atoms with E-state index in [1.54, 1.807) is 0 Å². The smallest absolute Gasteiger partial charge is 0.0982 e. The molecule has 1 unspecified atom stereocenters. The second kappa shape index (κ2) is 3.65. The molecule has 0 fully saturated rings. The van der Waals surface area contributed by atoms with E-state index in [1.807, 2.05) is 0 Å². The third kappa shape index (κ3) is 1.76. The molecule has 0 radical (unpaired) electrons. The Morgan fingerprint density at radius 1 is 1.60 bits per heavy atom. The van der Waals surface area contributed by atoms with Gasteiger partial charge < -0.3 is 4.74 Å². The third-order valence-electron chi connectivity index (χ3n) is 1.98. The Kier molecular flexibility index (Phi) is 2.79. The van der Waals surface area contributed by atoms with Gasteiger partial charge in [0.25, 0.3) is 0 Å². The lowest BCUT2D eigenvalue weighted by Crippen LogP contribution is -2.14. The zero-order valence-electron chi connectivity index (χ0n) is 6.89. The van der Waals surface area contributed by atoms with Crippen LogP contribution in [-0.4, -0.2) is 6.10 Å². The summed E-state index contributed by atoms with van der Waals surface area (Å²) < 4.78 is 5.65. The van der Waals surface area contributed by atoms with Crippen molar-refractivity contribution in [3.8, 4) is 0 Å². The lowest BCUT2D eigenvalue weighted by atomic mass is 10.1. The van der Waals surface area contributed by atoms with Crippen LogP contribution >= 0.6 is 0 Å². The first-order valence-electron chi connectivity index (χ1n) is 4.22. The van der Waals surface area contributed by atoms with E-state index in [4.69, 9.17) is 4.74 Å². The summed E-state index contributed by atoms with van der Waals surface area (Å²) in [5, 5.41) is 0. The molecule has 1 nitrogen and oxygen atoms in total. The fourth-order valence-electron chi connectivity index (χ4n) is 1.27. The zero-order chi connectivity index (χ0) is 7.40. The molecule has 1 heterocycles. The maximum Gasteiger partial charge on any atom is 0.0982 e. The molecule has 1 atom stereocenters. The summed E-state index contributed by atoms with van der Waals surface area (Å²) in [5.41, 5.74) is 0. The maximum atomic E-state index is 5.65. The minimum absolute atomic E-state index is 0.500. The molecule has 1 aliphatic heterocycles. The van der Waals surface area contributed by atoms with Gasteiger partial charge in [0.2, 0.25) is 0 Å². The quantitative estimate of drug-likeness (QED) is 0.573. The van der Waals surface area contributed by atoms with Gasteiger partial charge in [0, 0.05) is 6.42 Å². The Balaban J connectivity index is 2.40. The van der Waals surface area contributed by atoms with Gasteiger partial charge in [0.15, 0.2) is 0 Å². The summed E-state index contributed by atoms with van der Waals surface area (Å²) in [4.78, 5) is 0. The van der Waals surface area contributed by atoms with E-state index in [1.165, 1.54) is 18.6 Å². The Labute approximate surface area is 63.1 Å². The first-order valence-corrected chi connectivity index (χ1v) is 4.22. The second-order valence-electron chi connectivity index (χ2n) is 2.75. The van der Waals surface area contributed by atoms with Gasteiger partial charge in [-0.15, -0.1) is 0 Å². The molecule has 1 aliphatic rings. The molecule has 1 heteroatoms. The molecule has 0 aromatic heterocycles. The highest BCUT2D eigenvalue weighted by Crippen LogP contribution is 2.20. The molecule has 10 heavy (non-hydrogen) atoms. The molecule has 1 rings (SSSR count). The van der Waals surface area contributed by atoms with Crippen molar-refractivity contribution in [2.75, 3.05) is 0 Å². The summed E-state index contributed by atoms with van der Waals surface area (Å²) in [6.07, 6.45) is 7.33. The van der Waals surface area contributed by atoms with Crippen molar-refractivity contribution in [2.24, 2.45) is 0 Å². The SMILES string of the molecule is CCC1=CCCC(CC)O1. The first-order chi connectivity index (χ1) is 4.86. The van der Waals surface area contributed by atoms with Gasteiger partial charge in [0.05, 0.1) is 11.9 Å². The minimum atomic E-state index is 0.500. The Morgan fingerprint density at radius 3 is 3.00 bits per heavy atom. The molecule has 0 N–H and O–H groups in total. The molecular formula is C9H16O. The molecule has 0 aromatic carbocycles. The summed E-state index contributed by atoms with van der Waals surface area (Å²) >= 11 is 0. The molecule has 0 bridgehead atoms. The Bertz CT molecular complexity index is 127. The lowest BCUT2D eigenvalue weighted by Gasteiger charge is -2.22. The predicted molar refractivity (Wildman–Crippen MR) is 42.8 cm³/mol. The van der Waals surface area contributed by atoms with Crippen molar-refractivity contribution < 1.29 is 4.74 Å². The fraction of sp³-hybridized carbons (Fsp3) is 0.778. The van der Waals surface area contributed by atoms with E-state index in [0.717, 1.165) is 12.8 Å². The van der Waals surface area contributed by atoms with Gasteiger partial charge in [0.1, 0.15) is 0 Å². The van der Waals surface area contributed by atoms with Gasteiger partial charge in [-0.1, -0.05) is 13.8 Å². The molecule has 0 saturated carbocycles. The molecule has 0 spiro atoms. The summed E-state index contributed by atoms with van der Waals surface area (Å²) in [5.74, 6) is 1.19. The lowest BCUT2D eigenvalue weighted by molar-refractivity contribution is 0.0874. The van der Waals surface area contributed by atoms with Crippen molar-refractivity contribution in [2.45, 2.75) is 45.6 Å². The highest BCUT2D eigenvalue weighted by molar-refractivity contribution is 4.96. The van der Waals surface area contributed by atoms with Crippen LogP contribution in [0.25, 0.3) is 0 Å². The Morgan fingerprint density at radius 2 is 2.40 bits per heavy atom. The molecule has 0 aliphatic carbocycles. The highest BCUT2D eigenvalue weighted by atomic mass is 16.5. The van der Waals surface area contributed by atoms with Crippen LogP contribution in [0.1, 0.15) is 39.5 Å². The van der Waals surface area contributed by atoms with Crippen molar-refractivity contribution in [3.63, 3.8) is 0 Å². The van der Waals surface area contributed by atoms with Gasteiger partial charge in [-0.25, -0.2) is 0 Å². The normalized spacial score (nSPS) is 25.4. The number of hydrogen-bond acceptors (Lipinski definition) is 1. The van der Waals surface area contributed by atoms with Crippen LogP contribution in [0.2, 0.25) is 0 Å². The van der Waals surface area contributed by atoms with Crippen molar-refractivity contribution in [3.05, 3.63) is 11.8 Å². The van der Waals surface area contributed by atoms with Crippen LogP contribution in [0.3, 0.4) is 0 Å². The molecule has 0 saturated heterocycles. The van der Waals surface area contributed by atoms with E-state index in [0.29, 0.717) is 6.10 Å². The number of allylic oxidation sites excluding steroid dienone is 2. The van der Waals surface area contributed by atoms with E-state index < -0.39 is 0 Å². The van der Waals surface area contributed by atoms with Crippen molar-refractivity contribution in [1.29, 1.82) is 0 Å². The number of ether oxygens (including phenoxy) is 1. The predicted octanol–water partition coefficient (Wildman–Crippen LogP) is 2.87. The van der Waals surface area contributed by atoms with Gasteiger partial charge in [-0.3, -0.25) is 0 Å². The highest BCUT2D eigenvalue weighted by Gasteiger charge is 2.12. The van der Waals surface area contributed by atoms with E-state index in [9.17, 15) is 0 Å². The molecule has 0 amide bonds. The number of rotatable bonds is 2. The van der Waals surface area contributed by atoms with Crippen LogP contribution < -0.4 is 0 Å². The Hall–Kier alpha value is -0.460. The van der Waals surface area contributed by atoms with Crippen molar-refractivity contribution in [1.82, 2.24) is 0 Å². The fourth-order valence-corrected chi connectivity index (χ4v) is 1.27. The summed E-state index contributed by atoms with van der Waals surface area (Å²) in [7, 11) is 0. The zero-order valence-corrected chi connectivity index (χ0v) is 6.89. The van der Waals surface area contributed by atoms with Gasteiger partial charge in [-0.2, -0.15) is 0 Å². The monoisotopic (exact) mass is 140 g/mol. The van der Waals surface area contributed by atoms with Gasteiger partial charge in [-0.05, 0) is 25.3 Å². The standard InChI is InChI=1S/C9H16O/c1-3-8-6-5-7-9(4-2)10-8/h6,9H,3-5,7H2,1-2H3. The minimum Gasteiger partial charge on any atom is -0.495 e. The molecular weight excluding hydrogens is 124 g/mol. The largest absolute Gasteiger partial charge is 0.495 e. The van der Waals surface area contributed by atoms with Crippen LogP contribution in [0.15, 0.2) is 11.8 Å². The van der Waals surface area contributed by atoms with Crippen LogP contribution in [0, 0.1) is 0 Å². The average molecular weight is 140 g/mol. The maximum absolute atomic E-state index is 5.65. The number of hydrogen-bond donors (Lipinski definition) is 0. The second-order valence-corrected chi connectivity index (χ2v) is 2.75. The summed E-state index contributed by atoms with van der Waals surface area (Å²) in [6.45, 7) is 4.33. The van der Waals surface area contributed by atoms with Crippen LogP contribution in [0.4, 0.5) is 0 Å². The van der Waals surface area contributed by atoms with Gasteiger partial charge >= 0.3 is 0 Å². The van der Waals surface area contributed by atoms with E-state index >= 15 is 0 Å². The first kappa shape index (κ1) is 7.64. The molecule has 0 aromatic rings. The molecule has 58 valence electrons. The van der Waals surface area contributed by atoms with Crippen LogP contribution in [0.5, 0.6) is 0 Å².